The number of thiazole rings is 1. The van der Waals surface area contributed by atoms with E-state index in [1.165, 1.54) is 12.8 Å². The number of nitrogens with one attached hydrogen (secondary N) is 2. The second kappa shape index (κ2) is 6.44. The number of aromatic nitrogens is 1. The predicted molar refractivity (Wildman–Crippen MR) is 85.3 cm³/mol. The van der Waals surface area contributed by atoms with E-state index in [2.05, 4.69) is 27.9 Å². The highest BCUT2D eigenvalue weighted by molar-refractivity contribution is 7.09. The summed E-state index contributed by atoms with van der Waals surface area (Å²) in [6.45, 7) is 4.10. The Morgan fingerprint density at radius 3 is 2.76 bits per heavy atom. The summed E-state index contributed by atoms with van der Waals surface area (Å²) in [6.07, 6.45) is 6.48. The summed E-state index contributed by atoms with van der Waals surface area (Å²) < 4.78 is 0. The van der Waals surface area contributed by atoms with Crippen LogP contribution in [0.15, 0.2) is 5.38 Å². The molecule has 3 atom stereocenters. The molecule has 2 aliphatic rings. The van der Waals surface area contributed by atoms with Gasteiger partial charge in [-0.15, -0.1) is 11.3 Å². The first-order valence-electron chi connectivity index (χ1n) is 8.11. The van der Waals surface area contributed by atoms with E-state index in [1.54, 1.807) is 11.3 Å². The summed E-state index contributed by atoms with van der Waals surface area (Å²) >= 11 is 1.65. The van der Waals surface area contributed by atoms with Gasteiger partial charge in [0.2, 0.25) is 5.91 Å². The van der Waals surface area contributed by atoms with Crippen molar-refractivity contribution in [2.75, 3.05) is 0 Å². The minimum absolute atomic E-state index is 0.0784. The maximum absolute atomic E-state index is 12.3. The zero-order valence-electron chi connectivity index (χ0n) is 12.9. The molecule has 4 nitrogen and oxygen atoms in total. The van der Waals surface area contributed by atoms with Crippen molar-refractivity contribution in [1.82, 2.24) is 15.6 Å². The van der Waals surface area contributed by atoms with E-state index in [4.69, 9.17) is 0 Å². The monoisotopic (exact) mass is 307 g/mol. The van der Waals surface area contributed by atoms with Gasteiger partial charge in [-0.05, 0) is 44.9 Å². The van der Waals surface area contributed by atoms with Crippen molar-refractivity contribution in [2.45, 2.75) is 70.5 Å². The van der Waals surface area contributed by atoms with Gasteiger partial charge in [-0.25, -0.2) is 4.98 Å². The highest BCUT2D eigenvalue weighted by atomic mass is 32.1. The van der Waals surface area contributed by atoms with Crippen molar-refractivity contribution in [3.05, 3.63) is 16.1 Å². The maximum Gasteiger partial charge on any atom is 0.220 e. The van der Waals surface area contributed by atoms with Gasteiger partial charge in [0.25, 0.3) is 0 Å². The summed E-state index contributed by atoms with van der Waals surface area (Å²) in [5.41, 5.74) is 1.04. The zero-order valence-corrected chi connectivity index (χ0v) is 13.7. The van der Waals surface area contributed by atoms with Crippen LogP contribution in [0.4, 0.5) is 0 Å². The molecule has 3 unspecified atom stereocenters. The fourth-order valence-corrected chi connectivity index (χ4v) is 4.66. The van der Waals surface area contributed by atoms with Gasteiger partial charge in [-0.1, -0.05) is 6.92 Å². The molecule has 3 rings (SSSR count). The van der Waals surface area contributed by atoms with E-state index in [0.29, 0.717) is 24.4 Å². The van der Waals surface area contributed by atoms with E-state index in [1.807, 2.05) is 6.92 Å². The van der Waals surface area contributed by atoms with Crippen molar-refractivity contribution in [3.8, 4) is 0 Å². The Labute approximate surface area is 130 Å². The van der Waals surface area contributed by atoms with Crippen molar-refractivity contribution in [3.63, 3.8) is 0 Å². The Bertz CT molecular complexity index is 489. The van der Waals surface area contributed by atoms with Gasteiger partial charge in [0, 0.05) is 29.6 Å². The molecule has 2 bridgehead atoms. The van der Waals surface area contributed by atoms with Gasteiger partial charge in [-0.2, -0.15) is 0 Å². The number of carbonyl (C=O) groups excluding carboxylic acids is 1. The van der Waals surface area contributed by atoms with Gasteiger partial charge in [0.15, 0.2) is 0 Å². The van der Waals surface area contributed by atoms with Crippen molar-refractivity contribution >= 4 is 17.2 Å². The van der Waals surface area contributed by atoms with Crippen LogP contribution in [-0.4, -0.2) is 23.0 Å². The molecule has 3 heterocycles. The number of hydrogen-bond acceptors (Lipinski definition) is 4. The molecule has 5 heteroatoms. The van der Waals surface area contributed by atoms with Gasteiger partial charge in [-0.3, -0.25) is 4.79 Å². The zero-order chi connectivity index (χ0) is 14.8. The summed E-state index contributed by atoms with van der Waals surface area (Å²) in [4.78, 5) is 16.8. The van der Waals surface area contributed by atoms with Crippen LogP contribution in [0.1, 0.15) is 62.2 Å². The van der Waals surface area contributed by atoms with Crippen molar-refractivity contribution in [2.24, 2.45) is 5.92 Å². The molecule has 0 aromatic carbocycles. The first kappa shape index (κ1) is 15.0. The molecule has 21 heavy (non-hydrogen) atoms. The van der Waals surface area contributed by atoms with Crippen molar-refractivity contribution < 1.29 is 4.79 Å². The molecular weight excluding hydrogens is 282 g/mol. The average molecular weight is 307 g/mol. The Kier molecular flexibility index (Phi) is 4.60. The molecule has 116 valence electrons. The number of piperidine rings is 1. The number of carbonyl (C=O) groups is 1. The van der Waals surface area contributed by atoms with Gasteiger partial charge in [0.1, 0.15) is 5.01 Å². The van der Waals surface area contributed by atoms with E-state index in [-0.39, 0.29) is 11.9 Å². The number of aryl methyl sites for hydroxylation is 1. The standard InChI is InChI=1S/C16H25N3OS/c1-3-14(16-17-10(2)9-21-16)19-15(20)8-11-6-12-4-5-13(7-11)18-12/h9,11-14,18H,3-8H2,1-2H3,(H,19,20). The number of amides is 1. The largest absolute Gasteiger partial charge is 0.347 e. The summed E-state index contributed by atoms with van der Waals surface area (Å²) in [5.74, 6) is 0.750. The van der Waals surface area contributed by atoms with Crippen LogP contribution in [0.2, 0.25) is 0 Å². The topological polar surface area (TPSA) is 54.0 Å². The molecule has 2 fully saturated rings. The fraction of sp³-hybridized carbons (Fsp3) is 0.750. The third-order valence-corrected chi connectivity index (χ3v) is 5.80. The fourth-order valence-electron chi connectivity index (χ4n) is 3.73. The molecule has 1 amide bonds. The van der Waals surface area contributed by atoms with Gasteiger partial charge in [0.05, 0.1) is 6.04 Å². The van der Waals surface area contributed by atoms with E-state index in [0.717, 1.165) is 30.0 Å². The van der Waals surface area contributed by atoms with Crippen LogP contribution in [0.25, 0.3) is 0 Å². The van der Waals surface area contributed by atoms with E-state index in [9.17, 15) is 4.79 Å². The molecule has 1 aromatic rings. The highest BCUT2D eigenvalue weighted by Crippen LogP contribution is 2.32. The van der Waals surface area contributed by atoms with Gasteiger partial charge >= 0.3 is 0 Å². The Balaban J connectivity index is 1.53. The number of rotatable bonds is 5. The smallest absolute Gasteiger partial charge is 0.220 e. The maximum atomic E-state index is 12.3. The second-order valence-corrected chi connectivity index (χ2v) is 7.42. The Morgan fingerprint density at radius 2 is 2.19 bits per heavy atom. The minimum atomic E-state index is 0.0784. The summed E-state index contributed by atoms with van der Waals surface area (Å²) in [6, 6.07) is 1.39. The third-order valence-electron chi connectivity index (χ3n) is 4.72. The van der Waals surface area contributed by atoms with Crippen LogP contribution < -0.4 is 10.6 Å². The molecule has 0 spiro atoms. The third kappa shape index (κ3) is 3.64. The average Bonchev–Trinajstić information content (AvgIpc) is 3.02. The van der Waals surface area contributed by atoms with Crippen LogP contribution in [0.5, 0.6) is 0 Å². The quantitative estimate of drug-likeness (QED) is 0.879. The van der Waals surface area contributed by atoms with E-state index < -0.39 is 0 Å². The Hall–Kier alpha value is -0.940. The normalized spacial score (nSPS) is 29.3. The molecule has 0 aliphatic carbocycles. The molecule has 1 aromatic heterocycles. The minimum Gasteiger partial charge on any atom is -0.347 e. The van der Waals surface area contributed by atoms with Crippen LogP contribution >= 0.6 is 11.3 Å². The lowest BCUT2D eigenvalue weighted by Crippen LogP contribution is -2.40. The van der Waals surface area contributed by atoms with Crippen LogP contribution in [-0.2, 0) is 4.79 Å². The Morgan fingerprint density at radius 1 is 1.48 bits per heavy atom. The first-order chi connectivity index (χ1) is 10.1. The lowest BCUT2D eigenvalue weighted by atomic mass is 9.89. The van der Waals surface area contributed by atoms with Crippen LogP contribution in [0.3, 0.4) is 0 Å². The molecule has 2 saturated heterocycles. The number of fused-ring (bicyclic) bond motifs is 2. The van der Waals surface area contributed by atoms with Crippen LogP contribution in [0, 0.1) is 12.8 Å². The lowest BCUT2D eigenvalue weighted by Gasteiger charge is -2.29. The SMILES string of the molecule is CCC(NC(=O)CC1CC2CCC(C1)N2)c1nc(C)cs1. The number of hydrogen-bond donors (Lipinski definition) is 2. The lowest BCUT2D eigenvalue weighted by molar-refractivity contribution is -0.123. The molecule has 0 radical (unpaired) electrons. The summed E-state index contributed by atoms with van der Waals surface area (Å²) in [5, 5.41) is 9.90. The van der Waals surface area contributed by atoms with Crippen molar-refractivity contribution in [1.29, 1.82) is 0 Å². The van der Waals surface area contributed by atoms with E-state index >= 15 is 0 Å². The second-order valence-electron chi connectivity index (χ2n) is 6.53. The molecule has 2 N–H and O–H groups in total. The summed E-state index contributed by atoms with van der Waals surface area (Å²) in [7, 11) is 0. The predicted octanol–water partition coefficient (Wildman–Crippen LogP) is 2.94. The molecule has 2 aliphatic heterocycles. The van der Waals surface area contributed by atoms with Gasteiger partial charge < -0.3 is 10.6 Å². The molecular formula is C16H25N3OS. The highest BCUT2D eigenvalue weighted by Gasteiger charge is 2.34. The number of nitrogens with zero attached hydrogens (tertiary/aromatic N) is 1. The first-order valence-corrected chi connectivity index (χ1v) is 8.99. The molecule has 0 saturated carbocycles.